The monoisotopic (exact) mass is 256 g/mol. The van der Waals surface area contributed by atoms with Crippen molar-refractivity contribution in [3.8, 4) is 0 Å². The summed E-state index contributed by atoms with van der Waals surface area (Å²) >= 11 is 0. The number of fused-ring (bicyclic) bond motifs is 1. The molecule has 3 heterocycles. The normalized spacial score (nSPS) is 13.7. The molecule has 0 saturated heterocycles. The second-order valence-corrected chi connectivity index (χ2v) is 4.93. The van der Waals surface area contributed by atoms with Gasteiger partial charge in [0.25, 0.3) is 5.91 Å². The first-order valence-corrected chi connectivity index (χ1v) is 6.41. The number of aryl methyl sites for hydroxylation is 2. The molecule has 0 spiro atoms. The number of nitrogens with zero attached hydrogens (tertiary/aromatic N) is 2. The lowest BCUT2D eigenvalue weighted by Crippen LogP contribution is -2.29. The van der Waals surface area contributed by atoms with Gasteiger partial charge in [-0.25, -0.2) is 0 Å². The van der Waals surface area contributed by atoms with Crippen LogP contribution < -0.4 is 4.90 Å². The average molecular weight is 256 g/mol. The molecule has 19 heavy (non-hydrogen) atoms. The molecule has 0 saturated carbocycles. The summed E-state index contributed by atoms with van der Waals surface area (Å²) in [4.78, 5) is 18.6. The predicted molar refractivity (Wildman–Crippen MR) is 72.5 cm³/mol. The lowest BCUT2D eigenvalue weighted by Gasteiger charge is -2.17. The van der Waals surface area contributed by atoms with E-state index in [1.54, 1.807) is 6.20 Å². The molecule has 1 aliphatic heterocycles. The van der Waals surface area contributed by atoms with Crippen molar-refractivity contribution in [1.29, 1.82) is 0 Å². The largest absolute Gasteiger partial charge is 0.466 e. The van der Waals surface area contributed by atoms with Gasteiger partial charge in [-0.15, -0.1) is 0 Å². The fourth-order valence-corrected chi connectivity index (χ4v) is 2.68. The van der Waals surface area contributed by atoms with Crippen LogP contribution in [0.1, 0.15) is 33.0 Å². The van der Waals surface area contributed by atoms with Crippen LogP contribution >= 0.6 is 0 Å². The van der Waals surface area contributed by atoms with Crippen LogP contribution in [0.3, 0.4) is 0 Å². The number of anilines is 1. The summed E-state index contributed by atoms with van der Waals surface area (Å²) in [6.07, 6.45) is 4.43. The molecule has 2 aromatic rings. The van der Waals surface area contributed by atoms with Crippen molar-refractivity contribution in [2.75, 3.05) is 11.4 Å². The minimum absolute atomic E-state index is 0.0248. The number of hydrogen-bond donors (Lipinski definition) is 0. The van der Waals surface area contributed by atoms with E-state index in [1.807, 2.05) is 37.9 Å². The summed E-state index contributed by atoms with van der Waals surface area (Å²) in [6.45, 7) is 6.38. The van der Waals surface area contributed by atoms with Crippen LogP contribution in [0.2, 0.25) is 0 Å². The van der Waals surface area contributed by atoms with Crippen LogP contribution in [-0.4, -0.2) is 17.4 Å². The fourth-order valence-electron chi connectivity index (χ4n) is 2.68. The SMILES string of the molecule is Cc1oc(C)c(C(=O)N2CCc3cnccc32)c1C. The van der Waals surface area contributed by atoms with Crippen molar-refractivity contribution in [2.24, 2.45) is 0 Å². The summed E-state index contributed by atoms with van der Waals surface area (Å²) in [5.41, 5.74) is 3.73. The number of furan rings is 1. The van der Waals surface area contributed by atoms with Crippen molar-refractivity contribution in [1.82, 2.24) is 4.98 Å². The minimum Gasteiger partial charge on any atom is -0.466 e. The van der Waals surface area contributed by atoms with Crippen LogP contribution in [0.15, 0.2) is 22.9 Å². The molecule has 0 radical (unpaired) electrons. The lowest BCUT2D eigenvalue weighted by atomic mass is 10.1. The predicted octanol–water partition coefficient (Wildman–Crippen LogP) is 2.80. The first-order valence-electron chi connectivity index (χ1n) is 6.41. The van der Waals surface area contributed by atoms with Crippen molar-refractivity contribution >= 4 is 11.6 Å². The molecule has 0 bridgehead atoms. The zero-order valence-corrected chi connectivity index (χ0v) is 11.4. The van der Waals surface area contributed by atoms with Gasteiger partial charge in [0.05, 0.1) is 11.3 Å². The van der Waals surface area contributed by atoms with E-state index >= 15 is 0 Å². The summed E-state index contributed by atoms with van der Waals surface area (Å²) in [5, 5.41) is 0. The molecule has 0 aliphatic carbocycles. The Bertz CT molecular complexity index is 658. The molecule has 4 heteroatoms. The number of amides is 1. The number of carbonyl (C=O) groups excluding carboxylic acids is 1. The molecule has 98 valence electrons. The molecule has 4 nitrogen and oxygen atoms in total. The number of pyridine rings is 1. The van der Waals surface area contributed by atoms with E-state index in [4.69, 9.17) is 4.42 Å². The van der Waals surface area contributed by atoms with E-state index in [0.717, 1.165) is 29.0 Å². The van der Waals surface area contributed by atoms with Crippen LogP contribution in [0.25, 0.3) is 0 Å². The zero-order valence-electron chi connectivity index (χ0n) is 11.4. The number of aromatic nitrogens is 1. The second-order valence-electron chi connectivity index (χ2n) is 4.93. The van der Waals surface area contributed by atoms with Gasteiger partial charge in [-0.05, 0) is 38.8 Å². The molecule has 1 amide bonds. The highest BCUT2D eigenvalue weighted by atomic mass is 16.3. The molecular weight excluding hydrogens is 240 g/mol. The van der Waals surface area contributed by atoms with E-state index in [2.05, 4.69) is 4.98 Å². The minimum atomic E-state index is 0.0248. The number of hydrogen-bond acceptors (Lipinski definition) is 3. The van der Waals surface area contributed by atoms with Gasteiger partial charge in [0.15, 0.2) is 0 Å². The van der Waals surface area contributed by atoms with E-state index in [-0.39, 0.29) is 5.91 Å². The highest BCUT2D eigenvalue weighted by Crippen LogP contribution is 2.30. The molecule has 0 unspecified atom stereocenters. The van der Waals surface area contributed by atoms with Crippen molar-refractivity contribution < 1.29 is 9.21 Å². The molecule has 3 rings (SSSR count). The third-order valence-electron chi connectivity index (χ3n) is 3.79. The zero-order chi connectivity index (χ0) is 13.6. The van der Waals surface area contributed by atoms with Gasteiger partial charge >= 0.3 is 0 Å². The topological polar surface area (TPSA) is 46.3 Å². The van der Waals surface area contributed by atoms with E-state index < -0.39 is 0 Å². The first kappa shape index (κ1) is 12.0. The van der Waals surface area contributed by atoms with E-state index in [0.29, 0.717) is 17.9 Å². The Morgan fingerprint density at radius 2 is 2.11 bits per heavy atom. The Hall–Kier alpha value is -2.10. The fraction of sp³-hybridized carbons (Fsp3) is 0.333. The summed E-state index contributed by atoms with van der Waals surface area (Å²) in [6, 6.07) is 1.90. The van der Waals surface area contributed by atoms with Crippen LogP contribution in [0.4, 0.5) is 5.69 Å². The van der Waals surface area contributed by atoms with Crippen LogP contribution in [0.5, 0.6) is 0 Å². The van der Waals surface area contributed by atoms with Gasteiger partial charge in [-0.1, -0.05) is 0 Å². The standard InChI is InChI=1S/C15H16N2O2/c1-9-10(2)19-11(3)14(9)15(18)17-7-5-12-8-16-6-4-13(12)17/h4,6,8H,5,7H2,1-3H3. The molecule has 1 aliphatic rings. The van der Waals surface area contributed by atoms with Crippen molar-refractivity contribution in [3.63, 3.8) is 0 Å². The Labute approximate surface area is 112 Å². The quantitative estimate of drug-likeness (QED) is 0.788. The highest BCUT2D eigenvalue weighted by Gasteiger charge is 2.29. The van der Waals surface area contributed by atoms with Crippen LogP contribution in [0, 0.1) is 20.8 Å². The molecule has 0 fully saturated rings. The van der Waals surface area contributed by atoms with Crippen LogP contribution in [-0.2, 0) is 6.42 Å². The third kappa shape index (κ3) is 1.75. The van der Waals surface area contributed by atoms with Gasteiger partial charge < -0.3 is 9.32 Å². The summed E-state index contributed by atoms with van der Waals surface area (Å²) < 4.78 is 5.55. The summed E-state index contributed by atoms with van der Waals surface area (Å²) in [7, 11) is 0. The van der Waals surface area contributed by atoms with Gasteiger partial charge in [-0.3, -0.25) is 9.78 Å². The third-order valence-corrected chi connectivity index (χ3v) is 3.79. The maximum atomic E-state index is 12.7. The Morgan fingerprint density at radius 1 is 1.32 bits per heavy atom. The molecule has 0 N–H and O–H groups in total. The second kappa shape index (κ2) is 4.23. The van der Waals surface area contributed by atoms with Crippen molar-refractivity contribution in [2.45, 2.75) is 27.2 Å². The molecule has 2 aromatic heterocycles. The maximum Gasteiger partial charge on any atom is 0.262 e. The van der Waals surface area contributed by atoms with Gasteiger partial charge in [0.1, 0.15) is 11.5 Å². The van der Waals surface area contributed by atoms with Crippen molar-refractivity contribution in [3.05, 3.63) is 46.7 Å². The maximum absolute atomic E-state index is 12.7. The Kier molecular flexibility index (Phi) is 2.66. The average Bonchev–Trinajstić information content (AvgIpc) is 2.91. The highest BCUT2D eigenvalue weighted by molar-refractivity contribution is 6.08. The molecular formula is C15H16N2O2. The van der Waals surface area contributed by atoms with Gasteiger partial charge in [-0.2, -0.15) is 0 Å². The Morgan fingerprint density at radius 3 is 2.79 bits per heavy atom. The van der Waals surface area contributed by atoms with Gasteiger partial charge in [0, 0.05) is 24.5 Å². The molecule has 0 aromatic carbocycles. The first-order chi connectivity index (χ1) is 9.09. The van der Waals surface area contributed by atoms with E-state index in [9.17, 15) is 4.79 Å². The Balaban J connectivity index is 2.03. The summed E-state index contributed by atoms with van der Waals surface area (Å²) in [5.74, 6) is 1.54. The lowest BCUT2D eigenvalue weighted by molar-refractivity contribution is 0.0987. The van der Waals surface area contributed by atoms with E-state index in [1.165, 1.54) is 0 Å². The number of carbonyl (C=O) groups is 1. The number of rotatable bonds is 1. The smallest absolute Gasteiger partial charge is 0.262 e. The molecule has 0 atom stereocenters. The van der Waals surface area contributed by atoms with Gasteiger partial charge in [0.2, 0.25) is 0 Å².